The molecule has 132 valence electrons. The van der Waals surface area contributed by atoms with E-state index in [-0.39, 0.29) is 5.91 Å². The van der Waals surface area contributed by atoms with Gasteiger partial charge in [-0.05, 0) is 38.0 Å². The molecule has 6 heteroatoms. The quantitative estimate of drug-likeness (QED) is 0.895. The number of amides is 1. The molecule has 2 aliphatic rings. The number of rotatable bonds is 2. The lowest BCUT2D eigenvalue weighted by molar-refractivity contribution is 0.0994. The molecule has 2 aromatic rings. The lowest BCUT2D eigenvalue weighted by Crippen LogP contribution is -2.25. The second-order valence-corrected chi connectivity index (χ2v) is 6.63. The van der Waals surface area contributed by atoms with Crippen molar-refractivity contribution >= 4 is 29.0 Å². The number of nitrogens with one attached hydrogen (secondary N) is 1. The SMILES string of the molecule is Cc1ccc2c(c1)C(=O)N(C)c1cnc(NC3=CC=CCC3)nc1N2C. The molecule has 1 N–H and O–H groups in total. The van der Waals surface area contributed by atoms with Crippen LogP contribution < -0.4 is 15.1 Å². The number of carbonyl (C=O) groups is 1. The maximum absolute atomic E-state index is 12.9. The van der Waals surface area contributed by atoms with Crippen LogP contribution >= 0.6 is 0 Å². The van der Waals surface area contributed by atoms with Crippen LogP contribution in [0.1, 0.15) is 28.8 Å². The number of aryl methyl sites for hydroxylation is 1. The highest BCUT2D eigenvalue weighted by Gasteiger charge is 2.29. The van der Waals surface area contributed by atoms with Gasteiger partial charge in [0.2, 0.25) is 5.95 Å². The van der Waals surface area contributed by atoms with Crippen molar-refractivity contribution in [1.82, 2.24) is 9.97 Å². The Hall–Kier alpha value is -3.15. The molecule has 1 aliphatic heterocycles. The van der Waals surface area contributed by atoms with Crippen molar-refractivity contribution in [2.75, 3.05) is 29.2 Å². The molecule has 0 radical (unpaired) electrons. The monoisotopic (exact) mass is 347 g/mol. The highest BCUT2D eigenvalue weighted by Crippen LogP contribution is 2.38. The van der Waals surface area contributed by atoms with Crippen molar-refractivity contribution in [2.24, 2.45) is 0 Å². The van der Waals surface area contributed by atoms with Crippen molar-refractivity contribution in [3.8, 4) is 0 Å². The summed E-state index contributed by atoms with van der Waals surface area (Å²) in [6.07, 6.45) is 9.86. The van der Waals surface area contributed by atoms with Gasteiger partial charge in [0.05, 0.1) is 17.4 Å². The molecule has 0 unspecified atom stereocenters. The molecule has 4 rings (SSSR count). The van der Waals surface area contributed by atoms with Gasteiger partial charge in [0.1, 0.15) is 5.69 Å². The van der Waals surface area contributed by atoms with Crippen LogP contribution in [0.5, 0.6) is 0 Å². The fourth-order valence-electron chi connectivity index (χ4n) is 3.28. The Bertz CT molecular complexity index is 947. The van der Waals surface area contributed by atoms with E-state index in [0.29, 0.717) is 23.0 Å². The maximum Gasteiger partial charge on any atom is 0.260 e. The van der Waals surface area contributed by atoms with Crippen LogP contribution in [-0.4, -0.2) is 30.0 Å². The lowest BCUT2D eigenvalue weighted by Gasteiger charge is -2.21. The van der Waals surface area contributed by atoms with Crippen LogP contribution in [0.15, 0.2) is 48.3 Å². The Labute approximate surface area is 152 Å². The molecule has 0 fully saturated rings. The first kappa shape index (κ1) is 16.3. The average Bonchev–Trinajstić information content (AvgIpc) is 2.73. The van der Waals surface area contributed by atoms with E-state index in [4.69, 9.17) is 4.98 Å². The third-order valence-electron chi connectivity index (χ3n) is 4.76. The summed E-state index contributed by atoms with van der Waals surface area (Å²) in [5, 5.41) is 3.29. The van der Waals surface area contributed by atoms with Crippen molar-refractivity contribution in [1.29, 1.82) is 0 Å². The second-order valence-electron chi connectivity index (χ2n) is 6.63. The van der Waals surface area contributed by atoms with Gasteiger partial charge < -0.3 is 15.1 Å². The summed E-state index contributed by atoms with van der Waals surface area (Å²) in [5.41, 5.74) is 4.34. The van der Waals surface area contributed by atoms with E-state index in [1.54, 1.807) is 18.1 Å². The largest absolute Gasteiger partial charge is 0.328 e. The van der Waals surface area contributed by atoms with Gasteiger partial charge >= 0.3 is 0 Å². The Morgan fingerprint density at radius 3 is 2.77 bits per heavy atom. The Kier molecular flexibility index (Phi) is 3.95. The molecular formula is C20H21N5O. The van der Waals surface area contributed by atoms with Gasteiger partial charge in [-0.15, -0.1) is 0 Å². The van der Waals surface area contributed by atoms with Gasteiger partial charge in [0.25, 0.3) is 5.91 Å². The predicted molar refractivity (Wildman–Crippen MR) is 104 cm³/mol. The van der Waals surface area contributed by atoms with E-state index in [1.165, 1.54) is 0 Å². The van der Waals surface area contributed by atoms with Crippen LogP contribution in [0.4, 0.5) is 23.1 Å². The molecular weight excluding hydrogens is 326 g/mol. The summed E-state index contributed by atoms with van der Waals surface area (Å²) in [7, 11) is 3.69. The minimum atomic E-state index is -0.0567. The highest BCUT2D eigenvalue weighted by molar-refractivity contribution is 6.13. The maximum atomic E-state index is 12.9. The van der Waals surface area contributed by atoms with Crippen LogP contribution in [-0.2, 0) is 0 Å². The number of allylic oxidation sites excluding steroid dienone is 4. The van der Waals surface area contributed by atoms with E-state index in [9.17, 15) is 4.79 Å². The van der Waals surface area contributed by atoms with Gasteiger partial charge in [0, 0.05) is 19.8 Å². The zero-order chi connectivity index (χ0) is 18.3. The molecule has 1 aromatic heterocycles. The minimum absolute atomic E-state index is 0.0567. The van der Waals surface area contributed by atoms with E-state index in [0.717, 1.165) is 29.8 Å². The van der Waals surface area contributed by atoms with Gasteiger partial charge in [-0.2, -0.15) is 4.98 Å². The molecule has 2 heterocycles. The Morgan fingerprint density at radius 1 is 1.15 bits per heavy atom. The summed E-state index contributed by atoms with van der Waals surface area (Å²) < 4.78 is 0. The number of carbonyl (C=O) groups excluding carboxylic acids is 1. The van der Waals surface area contributed by atoms with Crippen molar-refractivity contribution in [3.63, 3.8) is 0 Å². The van der Waals surface area contributed by atoms with Crippen molar-refractivity contribution in [2.45, 2.75) is 19.8 Å². The molecule has 0 atom stereocenters. The summed E-state index contributed by atoms with van der Waals surface area (Å²) in [5.74, 6) is 1.18. The van der Waals surface area contributed by atoms with E-state index in [2.05, 4.69) is 16.4 Å². The fourth-order valence-corrected chi connectivity index (χ4v) is 3.28. The molecule has 6 nitrogen and oxygen atoms in total. The third kappa shape index (κ3) is 2.73. The summed E-state index contributed by atoms with van der Waals surface area (Å²) in [6, 6.07) is 5.89. The number of fused-ring (bicyclic) bond motifs is 2. The van der Waals surface area contributed by atoms with Crippen LogP contribution in [0.2, 0.25) is 0 Å². The average molecular weight is 347 g/mol. The molecule has 1 aromatic carbocycles. The van der Waals surface area contributed by atoms with Gasteiger partial charge in [-0.3, -0.25) is 4.79 Å². The molecule has 0 spiro atoms. The zero-order valence-corrected chi connectivity index (χ0v) is 15.2. The minimum Gasteiger partial charge on any atom is -0.328 e. The summed E-state index contributed by atoms with van der Waals surface area (Å²) >= 11 is 0. The first-order valence-corrected chi connectivity index (χ1v) is 8.67. The number of hydrogen-bond acceptors (Lipinski definition) is 5. The van der Waals surface area contributed by atoms with E-state index in [1.807, 2.05) is 49.2 Å². The standard InChI is InChI=1S/C20H21N5O/c1-13-9-10-16-15(11-13)19(26)25(3)17-12-21-20(23-18(17)24(16)2)22-14-7-5-4-6-8-14/h4-5,7,9-12H,6,8H2,1-3H3,(H,21,22,23). The lowest BCUT2D eigenvalue weighted by atomic mass is 10.1. The normalized spacial score (nSPS) is 16.0. The third-order valence-corrected chi connectivity index (χ3v) is 4.76. The van der Waals surface area contributed by atoms with Gasteiger partial charge in [0.15, 0.2) is 5.82 Å². The van der Waals surface area contributed by atoms with Crippen molar-refractivity contribution in [3.05, 3.63) is 59.4 Å². The number of aromatic nitrogens is 2. The highest BCUT2D eigenvalue weighted by atomic mass is 16.2. The second kappa shape index (κ2) is 6.29. The number of benzene rings is 1. The predicted octanol–water partition coefficient (Wildman–Crippen LogP) is 3.79. The topological polar surface area (TPSA) is 61.4 Å². The molecule has 0 saturated carbocycles. The van der Waals surface area contributed by atoms with Gasteiger partial charge in [-0.25, -0.2) is 4.98 Å². The van der Waals surface area contributed by atoms with Crippen LogP contribution in [0.25, 0.3) is 0 Å². The van der Waals surface area contributed by atoms with E-state index >= 15 is 0 Å². The fraction of sp³-hybridized carbons (Fsp3) is 0.250. The molecule has 0 saturated heterocycles. The van der Waals surface area contributed by atoms with E-state index < -0.39 is 0 Å². The Morgan fingerprint density at radius 2 is 2.00 bits per heavy atom. The molecule has 0 bridgehead atoms. The number of hydrogen-bond donors (Lipinski definition) is 1. The number of anilines is 4. The molecule has 1 amide bonds. The first-order valence-electron chi connectivity index (χ1n) is 8.67. The van der Waals surface area contributed by atoms with Crippen LogP contribution in [0.3, 0.4) is 0 Å². The summed E-state index contributed by atoms with van der Waals surface area (Å²) in [6.45, 7) is 1.99. The first-order chi connectivity index (χ1) is 12.5. The zero-order valence-electron chi connectivity index (χ0n) is 15.2. The smallest absolute Gasteiger partial charge is 0.260 e. The Balaban J connectivity index is 1.78. The van der Waals surface area contributed by atoms with Crippen molar-refractivity contribution < 1.29 is 4.79 Å². The van der Waals surface area contributed by atoms with Gasteiger partial charge in [-0.1, -0.05) is 23.8 Å². The van der Waals surface area contributed by atoms with Crippen LogP contribution in [0, 0.1) is 6.92 Å². The molecule has 1 aliphatic carbocycles. The summed E-state index contributed by atoms with van der Waals surface area (Å²) in [4.78, 5) is 25.6. The molecule has 26 heavy (non-hydrogen) atoms. The number of nitrogens with zero attached hydrogens (tertiary/aromatic N) is 4.